The third kappa shape index (κ3) is 6.63. The Bertz CT molecular complexity index is 1460. The second-order valence-electron chi connectivity index (χ2n) is 13.4. The summed E-state index contributed by atoms with van der Waals surface area (Å²) in [4.78, 5) is 36.6. The molecule has 2 saturated heterocycles. The first-order valence-electron chi connectivity index (χ1n) is 16.3. The fourth-order valence-corrected chi connectivity index (χ4v) is 7.21. The van der Waals surface area contributed by atoms with Crippen LogP contribution in [0.15, 0.2) is 30.4 Å². The zero-order valence-electron chi connectivity index (χ0n) is 27.1. The van der Waals surface area contributed by atoms with Gasteiger partial charge in [0.15, 0.2) is 0 Å². The van der Waals surface area contributed by atoms with Gasteiger partial charge in [0.05, 0.1) is 24.2 Å². The monoisotopic (exact) mass is 615 g/mol. The molecule has 1 aromatic heterocycles. The number of piperazine rings is 1. The number of anilines is 3. The van der Waals surface area contributed by atoms with Gasteiger partial charge in [-0.15, -0.1) is 0 Å². The van der Waals surface area contributed by atoms with Crippen molar-refractivity contribution >= 4 is 23.4 Å². The van der Waals surface area contributed by atoms with Gasteiger partial charge in [0.25, 0.3) is 0 Å². The lowest BCUT2D eigenvalue weighted by Crippen LogP contribution is -2.58. The number of aryl methyl sites for hydroxylation is 1. The number of halogens is 1. The number of fused-ring (bicyclic) bond motifs is 2. The zero-order chi connectivity index (χ0) is 31.7. The molecule has 2 fully saturated rings. The number of rotatable bonds is 8. The van der Waals surface area contributed by atoms with Crippen LogP contribution >= 0.6 is 0 Å². The van der Waals surface area contributed by atoms with E-state index in [0.717, 1.165) is 74.9 Å². The summed E-state index contributed by atoms with van der Waals surface area (Å²) < 4.78 is 14.4. The van der Waals surface area contributed by atoms with Crippen LogP contribution in [0, 0.1) is 17.1 Å². The van der Waals surface area contributed by atoms with Crippen molar-refractivity contribution in [2.24, 2.45) is 0 Å². The third-order valence-corrected chi connectivity index (χ3v) is 9.86. The van der Waals surface area contributed by atoms with Crippen molar-refractivity contribution in [3.63, 3.8) is 0 Å². The van der Waals surface area contributed by atoms with Gasteiger partial charge in [-0.2, -0.15) is 10.2 Å². The molecule has 0 spiro atoms. The molecule has 0 bridgehead atoms. The van der Waals surface area contributed by atoms with Gasteiger partial charge in [-0.3, -0.25) is 4.79 Å². The van der Waals surface area contributed by atoms with Crippen LogP contribution in [0.3, 0.4) is 0 Å². The van der Waals surface area contributed by atoms with E-state index in [2.05, 4.69) is 39.8 Å². The van der Waals surface area contributed by atoms with Crippen molar-refractivity contribution in [3.05, 3.63) is 53.0 Å². The van der Waals surface area contributed by atoms with Crippen molar-refractivity contribution in [1.82, 2.24) is 24.7 Å². The standard InChI is InChI=1S/C34H46FN9O/c1-39(2)15-6-8-32(45)44-18-17-41(21-27(44)13-14-36)33-29-12-11-26(43-16-5-7-24-9-10-25(35)19-31(24)43)20-30(29)37-34(38-33)42-22-28(23-42)40(3)4/h6,8-10,19,26-28H,5,7,11-13,15-18,20-23H2,1-4H3/b8-6+/t26-,27+/m1/s1. The predicted molar refractivity (Wildman–Crippen MR) is 175 cm³/mol. The molecule has 4 heterocycles. The van der Waals surface area contributed by atoms with Crippen molar-refractivity contribution < 1.29 is 9.18 Å². The summed E-state index contributed by atoms with van der Waals surface area (Å²) >= 11 is 0. The van der Waals surface area contributed by atoms with Gasteiger partial charge in [0.2, 0.25) is 11.9 Å². The molecule has 1 aliphatic carbocycles. The van der Waals surface area contributed by atoms with E-state index in [9.17, 15) is 14.4 Å². The Morgan fingerprint density at radius 2 is 1.91 bits per heavy atom. The maximum atomic E-state index is 14.4. The Balaban J connectivity index is 1.28. The Morgan fingerprint density at radius 3 is 2.67 bits per heavy atom. The van der Waals surface area contributed by atoms with Gasteiger partial charge in [-0.25, -0.2) is 9.37 Å². The van der Waals surface area contributed by atoms with Crippen LogP contribution < -0.4 is 14.7 Å². The van der Waals surface area contributed by atoms with Crippen molar-refractivity contribution in [3.8, 4) is 6.07 Å². The van der Waals surface area contributed by atoms with E-state index < -0.39 is 0 Å². The van der Waals surface area contributed by atoms with Crippen molar-refractivity contribution in [2.45, 2.75) is 56.7 Å². The Hall–Kier alpha value is -3.75. The second-order valence-corrected chi connectivity index (χ2v) is 13.4. The zero-order valence-corrected chi connectivity index (χ0v) is 27.1. The molecule has 3 aliphatic heterocycles. The smallest absolute Gasteiger partial charge is 0.246 e. The topological polar surface area (TPSA) is 86.1 Å². The predicted octanol–water partition coefficient (Wildman–Crippen LogP) is 2.72. The Kier molecular flexibility index (Phi) is 9.24. The van der Waals surface area contributed by atoms with Crippen molar-refractivity contribution in [2.75, 3.05) is 88.7 Å². The number of carbonyl (C=O) groups is 1. The van der Waals surface area contributed by atoms with E-state index in [-0.39, 0.29) is 30.2 Å². The molecule has 4 aliphatic rings. The maximum Gasteiger partial charge on any atom is 0.246 e. The SMILES string of the molecule is CN(C)C/C=C/C(=O)N1CCN(c2nc(N3CC(N(C)C)C3)nc3c2CC[C@@H](N2CCCc4ccc(F)cc42)C3)C[C@@H]1CC#N. The molecule has 0 saturated carbocycles. The first kappa shape index (κ1) is 31.2. The maximum absolute atomic E-state index is 14.4. The highest BCUT2D eigenvalue weighted by molar-refractivity contribution is 5.88. The quantitative estimate of drug-likeness (QED) is 0.416. The van der Waals surface area contributed by atoms with Gasteiger partial charge < -0.3 is 29.4 Å². The molecule has 1 aromatic carbocycles. The lowest BCUT2D eigenvalue weighted by Gasteiger charge is -2.45. The number of aromatic nitrogens is 2. The average molecular weight is 616 g/mol. The van der Waals surface area contributed by atoms with E-state index in [1.165, 1.54) is 11.1 Å². The van der Waals surface area contributed by atoms with Crippen LogP contribution in [0.25, 0.3) is 0 Å². The Morgan fingerprint density at radius 1 is 1.09 bits per heavy atom. The van der Waals surface area contributed by atoms with Gasteiger partial charge >= 0.3 is 0 Å². The molecule has 1 amide bonds. The number of amides is 1. The summed E-state index contributed by atoms with van der Waals surface area (Å²) in [7, 11) is 8.15. The largest absolute Gasteiger partial charge is 0.368 e. The van der Waals surface area contributed by atoms with Gasteiger partial charge in [0.1, 0.15) is 11.6 Å². The van der Waals surface area contributed by atoms with Gasteiger partial charge in [0, 0.05) is 81.6 Å². The second kappa shape index (κ2) is 13.3. The van der Waals surface area contributed by atoms with E-state index in [0.29, 0.717) is 32.2 Å². The fourth-order valence-electron chi connectivity index (χ4n) is 7.21. The minimum Gasteiger partial charge on any atom is -0.368 e. The van der Waals surface area contributed by atoms with E-state index in [4.69, 9.17) is 9.97 Å². The number of benzene rings is 1. The molecule has 2 aromatic rings. The molecule has 45 heavy (non-hydrogen) atoms. The number of likely N-dealkylation sites (N-methyl/N-ethyl adjacent to an activating group) is 2. The van der Waals surface area contributed by atoms with Crippen LogP contribution in [-0.2, 0) is 24.1 Å². The normalized spacial score (nSPS) is 22.1. The summed E-state index contributed by atoms with van der Waals surface area (Å²) in [5.41, 5.74) is 4.50. The first-order valence-corrected chi connectivity index (χ1v) is 16.3. The number of nitriles is 1. The average Bonchev–Trinajstić information content (AvgIpc) is 2.99. The Labute approximate surface area is 266 Å². The summed E-state index contributed by atoms with van der Waals surface area (Å²) in [6, 6.07) is 8.03. The number of hydrogen-bond acceptors (Lipinski definition) is 9. The van der Waals surface area contributed by atoms with Crippen molar-refractivity contribution in [1.29, 1.82) is 5.26 Å². The molecule has 240 valence electrons. The van der Waals surface area contributed by atoms with Gasteiger partial charge in [-0.05, 0) is 71.6 Å². The summed E-state index contributed by atoms with van der Waals surface area (Å²) in [5.74, 6) is 1.48. The molecule has 2 atom stereocenters. The molecule has 10 nitrogen and oxygen atoms in total. The number of nitrogens with zero attached hydrogens (tertiary/aromatic N) is 9. The minimum absolute atomic E-state index is 0.0430. The minimum atomic E-state index is -0.215. The molecular weight excluding hydrogens is 569 g/mol. The molecule has 6 rings (SSSR count). The fraction of sp³-hybridized carbons (Fsp3) is 0.588. The van der Waals surface area contributed by atoms with Crippen LogP contribution in [-0.4, -0.2) is 123 Å². The molecule has 0 N–H and O–H groups in total. The first-order chi connectivity index (χ1) is 21.7. The summed E-state index contributed by atoms with van der Waals surface area (Å²) in [6.45, 7) is 5.13. The van der Waals surface area contributed by atoms with Crippen LogP contribution in [0.2, 0.25) is 0 Å². The highest BCUT2D eigenvalue weighted by atomic mass is 19.1. The molecule has 11 heteroatoms. The summed E-state index contributed by atoms with van der Waals surface area (Å²) in [5, 5.41) is 9.69. The van der Waals surface area contributed by atoms with E-state index in [1.54, 1.807) is 18.2 Å². The highest BCUT2D eigenvalue weighted by Gasteiger charge is 2.37. The summed E-state index contributed by atoms with van der Waals surface area (Å²) in [6.07, 6.45) is 8.41. The third-order valence-electron chi connectivity index (χ3n) is 9.86. The lowest BCUT2D eigenvalue weighted by atomic mass is 9.88. The van der Waals surface area contributed by atoms with E-state index >= 15 is 0 Å². The van der Waals surface area contributed by atoms with Crippen LogP contribution in [0.5, 0.6) is 0 Å². The molecule has 0 unspecified atom stereocenters. The van der Waals surface area contributed by atoms with Crippen LogP contribution in [0.4, 0.5) is 21.8 Å². The lowest BCUT2D eigenvalue weighted by molar-refractivity contribution is -0.128. The number of carbonyl (C=O) groups excluding carboxylic acids is 1. The van der Waals surface area contributed by atoms with Crippen LogP contribution in [0.1, 0.15) is 36.1 Å². The van der Waals surface area contributed by atoms with E-state index in [1.807, 2.05) is 36.0 Å². The molecular formula is C34H46FN9O. The highest BCUT2D eigenvalue weighted by Crippen LogP contribution is 2.37. The number of hydrogen-bond donors (Lipinski definition) is 0. The van der Waals surface area contributed by atoms with Gasteiger partial charge in [-0.1, -0.05) is 12.1 Å². The molecule has 0 radical (unpaired) electrons.